The van der Waals surface area contributed by atoms with E-state index in [0.29, 0.717) is 11.0 Å². The number of rotatable bonds is 3. The van der Waals surface area contributed by atoms with Gasteiger partial charge in [-0.25, -0.2) is 4.52 Å². The van der Waals surface area contributed by atoms with E-state index in [1.54, 1.807) is 12.1 Å². The molecule has 0 aliphatic rings. The largest absolute Gasteiger partial charge is 0.344 e. The molecule has 7 nitrogen and oxygen atoms in total. The van der Waals surface area contributed by atoms with Crippen LogP contribution in [0.4, 0.5) is 0 Å². The van der Waals surface area contributed by atoms with Gasteiger partial charge < -0.3 is 10.3 Å². The lowest BCUT2D eigenvalue weighted by atomic mass is 10.1. The second kappa shape index (κ2) is 5.86. The summed E-state index contributed by atoms with van der Waals surface area (Å²) in [5.74, 6) is -0.438. The molecule has 0 saturated carbocycles. The van der Waals surface area contributed by atoms with Gasteiger partial charge in [-0.1, -0.05) is 47.7 Å². The highest BCUT2D eigenvalue weighted by Crippen LogP contribution is 2.15. The number of amides is 1. The van der Waals surface area contributed by atoms with Gasteiger partial charge in [0, 0.05) is 0 Å². The summed E-state index contributed by atoms with van der Waals surface area (Å²) in [4.78, 5) is 27.8. The Kier molecular flexibility index (Phi) is 3.53. The quantitative estimate of drug-likeness (QED) is 0.600. The Labute approximate surface area is 142 Å². The minimum Gasteiger partial charge on any atom is -0.344 e. The minimum atomic E-state index is -0.438. The van der Waals surface area contributed by atoms with Crippen molar-refractivity contribution < 1.29 is 4.79 Å². The number of para-hydroxylation sites is 2. The highest BCUT2D eigenvalue weighted by molar-refractivity contribution is 5.99. The fourth-order valence-electron chi connectivity index (χ4n) is 2.84. The van der Waals surface area contributed by atoms with Gasteiger partial charge in [-0.2, -0.15) is 0 Å². The first-order valence-electron chi connectivity index (χ1n) is 7.87. The van der Waals surface area contributed by atoms with Crippen LogP contribution in [-0.4, -0.2) is 25.7 Å². The summed E-state index contributed by atoms with van der Waals surface area (Å²) < 4.78 is 1.40. The highest BCUT2D eigenvalue weighted by atomic mass is 16.2. The first-order chi connectivity index (χ1) is 12.1. The van der Waals surface area contributed by atoms with Crippen molar-refractivity contribution in [2.75, 3.05) is 0 Å². The molecule has 0 unspecified atom stereocenters. The normalized spacial score (nSPS) is 12.4. The van der Waals surface area contributed by atoms with Crippen molar-refractivity contribution in [2.45, 2.75) is 13.0 Å². The summed E-state index contributed by atoms with van der Waals surface area (Å²) in [7, 11) is 0. The number of hydrogen-bond acceptors (Lipinski definition) is 4. The summed E-state index contributed by atoms with van der Waals surface area (Å²) in [6, 6.07) is 16.6. The number of aromatic nitrogens is 4. The monoisotopic (exact) mass is 333 g/mol. The van der Waals surface area contributed by atoms with E-state index in [0.717, 1.165) is 5.56 Å². The molecule has 4 rings (SSSR count). The van der Waals surface area contributed by atoms with Crippen LogP contribution >= 0.6 is 0 Å². The lowest BCUT2D eigenvalue weighted by Crippen LogP contribution is -2.28. The maximum Gasteiger partial charge on any atom is 0.277 e. The number of carbonyl (C=O) groups is 1. The van der Waals surface area contributed by atoms with Gasteiger partial charge in [0.25, 0.3) is 11.5 Å². The van der Waals surface area contributed by atoms with Gasteiger partial charge in [-0.3, -0.25) is 9.59 Å². The molecule has 0 saturated heterocycles. The van der Waals surface area contributed by atoms with Crippen LogP contribution in [0.2, 0.25) is 0 Å². The molecule has 1 atom stereocenters. The molecule has 124 valence electrons. The molecule has 25 heavy (non-hydrogen) atoms. The Bertz CT molecular complexity index is 1130. The minimum absolute atomic E-state index is 0.00906. The molecular weight excluding hydrogens is 318 g/mol. The molecule has 0 fully saturated rings. The number of hydrogen-bond donors (Lipinski definition) is 2. The van der Waals surface area contributed by atoms with E-state index in [1.165, 1.54) is 4.52 Å². The van der Waals surface area contributed by atoms with Crippen LogP contribution in [0.15, 0.2) is 59.4 Å². The summed E-state index contributed by atoms with van der Waals surface area (Å²) in [5, 5.41) is 10.8. The zero-order valence-electron chi connectivity index (χ0n) is 13.4. The summed E-state index contributed by atoms with van der Waals surface area (Å²) in [5.41, 5.74) is 2.02. The number of nitrogens with zero attached hydrogens (tertiary/aromatic N) is 3. The predicted molar refractivity (Wildman–Crippen MR) is 93.4 cm³/mol. The smallest absolute Gasteiger partial charge is 0.277 e. The van der Waals surface area contributed by atoms with Crippen LogP contribution in [0.1, 0.15) is 29.0 Å². The topological polar surface area (TPSA) is 92.2 Å². The summed E-state index contributed by atoms with van der Waals surface area (Å²) in [6.07, 6.45) is 0. The molecule has 2 N–H and O–H groups in total. The van der Waals surface area contributed by atoms with Gasteiger partial charge in [0.05, 0.1) is 17.1 Å². The molecule has 0 bridgehead atoms. The van der Waals surface area contributed by atoms with Crippen LogP contribution in [0.25, 0.3) is 16.6 Å². The van der Waals surface area contributed by atoms with E-state index in [1.807, 2.05) is 49.4 Å². The predicted octanol–water partition coefficient (Wildman–Crippen LogP) is 2.06. The van der Waals surface area contributed by atoms with E-state index in [9.17, 15) is 9.59 Å². The fourth-order valence-corrected chi connectivity index (χ4v) is 2.84. The zero-order valence-corrected chi connectivity index (χ0v) is 13.4. The third kappa shape index (κ3) is 2.55. The van der Waals surface area contributed by atoms with Gasteiger partial charge in [-0.15, -0.1) is 5.10 Å². The molecule has 2 aromatic carbocycles. The van der Waals surface area contributed by atoms with Crippen molar-refractivity contribution in [1.29, 1.82) is 0 Å². The van der Waals surface area contributed by atoms with E-state index in [2.05, 4.69) is 20.6 Å². The Hall–Kier alpha value is -3.48. The van der Waals surface area contributed by atoms with Crippen molar-refractivity contribution in [2.24, 2.45) is 0 Å². The average Bonchev–Trinajstić information content (AvgIpc) is 3.09. The van der Waals surface area contributed by atoms with Crippen LogP contribution in [0.3, 0.4) is 0 Å². The van der Waals surface area contributed by atoms with Crippen molar-refractivity contribution in [3.8, 4) is 0 Å². The first-order valence-corrected chi connectivity index (χ1v) is 7.87. The fraction of sp³-hybridized carbons (Fsp3) is 0.111. The standard InChI is InChI=1S/C18H15N5O2/c1-11(12-7-3-2-4-8-12)19-17(24)15-16-18(25)20-13-9-5-6-10-14(13)23(16)22-21-15/h2-11H,1H3,(H,19,24)(H,20,25)/t11-/m1/s1. The molecule has 0 aliphatic heterocycles. The Balaban J connectivity index is 1.76. The van der Waals surface area contributed by atoms with Crippen LogP contribution in [0.5, 0.6) is 0 Å². The lowest BCUT2D eigenvalue weighted by molar-refractivity contribution is 0.0936. The number of nitrogens with one attached hydrogen (secondary N) is 2. The molecule has 2 heterocycles. The number of H-pyrrole nitrogens is 1. The Morgan fingerprint density at radius 3 is 2.64 bits per heavy atom. The van der Waals surface area contributed by atoms with Crippen LogP contribution in [0, 0.1) is 0 Å². The average molecular weight is 333 g/mol. The second-order valence-corrected chi connectivity index (χ2v) is 5.78. The molecule has 0 radical (unpaired) electrons. The third-order valence-corrected chi connectivity index (χ3v) is 4.13. The number of fused-ring (bicyclic) bond motifs is 3. The second-order valence-electron chi connectivity index (χ2n) is 5.78. The Morgan fingerprint density at radius 1 is 1.12 bits per heavy atom. The molecular formula is C18H15N5O2. The van der Waals surface area contributed by atoms with Gasteiger partial charge >= 0.3 is 0 Å². The van der Waals surface area contributed by atoms with Gasteiger partial charge in [-0.05, 0) is 24.6 Å². The lowest BCUT2D eigenvalue weighted by Gasteiger charge is -2.13. The molecule has 0 aliphatic carbocycles. The van der Waals surface area contributed by atoms with Gasteiger partial charge in [0.15, 0.2) is 11.2 Å². The molecule has 0 spiro atoms. The molecule has 1 amide bonds. The van der Waals surface area contributed by atoms with E-state index >= 15 is 0 Å². The third-order valence-electron chi connectivity index (χ3n) is 4.13. The van der Waals surface area contributed by atoms with Crippen LogP contribution < -0.4 is 10.9 Å². The van der Waals surface area contributed by atoms with Crippen molar-refractivity contribution in [1.82, 2.24) is 25.1 Å². The zero-order chi connectivity index (χ0) is 17.4. The summed E-state index contributed by atoms with van der Waals surface area (Å²) in [6.45, 7) is 1.87. The Morgan fingerprint density at radius 2 is 1.84 bits per heavy atom. The first kappa shape index (κ1) is 15.1. The maximum absolute atomic E-state index is 12.6. The van der Waals surface area contributed by atoms with Gasteiger partial charge in [0.2, 0.25) is 0 Å². The SMILES string of the molecule is C[C@@H](NC(=O)c1nnn2c1c(=O)[nH]c1ccccc12)c1ccccc1. The van der Waals surface area contributed by atoms with E-state index < -0.39 is 11.5 Å². The van der Waals surface area contributed by atoms with E-state index in [-0.39, 0.29) is 17.3 Å². The number of benzene rings is 2. The van der Waals surface area contributed by atoms with E-state index in [4.69, 9.17) is 0 Å². The maximum atomic E-state index is 12.6. The van der Waals surface area contributed by atoms with Crippen molar-refractivity contribution in [3.63, 3.8) is 0 Å². The number of aromatic amines is 1. The summed E-state index contributed by atoms with van der Waals surface area (Å²) >= 11 is 0. The highest BCUT2D eigenvalue weighted by Gasteiger charge is 2.21. The number of carbonyl (C=O) groups excluding carboxylic acids is 1. The molecule has 4 aromatic rings. The molecule has 7 heteroatoms. The van der Waals surface area contributed by atoms with Crippen molar-refractivity contribution in [3.05, 3.63) is 76.2 Å². The molecule has 2 aromatic heterocycles. The van der Waals surface area contributed by atoms with Crippen molar-refractivity contribution >= 4 is 22.5 Å². The van der Waals surface area contributed by atoms with Crippen LogP contribution in [-0.2, 0) is 0 Å². The van der Waals surface area contributed by atoms with Gasteiger partial charge in [0.1, 0.15) is 0 Å².